The van der Waals surface area contributed by atoms with Gasteiger partial charge in [0.2, 0.25) is 0 Å². The zero-order chi connectivity index (χ0) is 10.2. The van der Waals surface area contributed by atoms with Crippen molar-refractivity contribution < 1.29 is 0 Å². The first-order chi connectivity index (χ1) is 6.86. The van der Waals surface area contributed by atoms with Crippen molar-refractivity contribution >= 4 is 0 Å². The summed E-state index contributed by atoms with van der Waals surface area (Å²) in [4.78, 5) is 0. The van der Waals surface area contributed by atoms with E-state index in [1.807, 2.05) is 6.08 Å². The zero-order valence-corrected chi connectivity index (χ0v) is 9.60. The normalized spacial score (nSPS) is 28.4. The molecule has 1 saturated carbocycles. The number of hydrogen-bond acceptors (Lipinski definition) is 1. The molecule has 0 heterocycles. The lowest BCUT2D eigenvalue weighted by atomic mass is 9.92. The average Bonchev–Trinajstić information content (AvgIpc) is 2.43. The molecule has 0 saturated heterocycles. The second-order valence-electron chi connectivity index (χ2n) is 4.59. The van der Waals surface area contributed by atoms with Crippen LogP contribution in [-0.2, 0) is 0 Å². The molecule has 2 atom stereocenters. The Labute approximate surface area is 89.0 Å². The van der Waals surface area contributed by atoms with Gasteiger partial charge in [-0.3, -0.25) is 0 Å². The molecule has 0 aromatic rings. The van der Waals surface area contributed by atoms with E-state index in [0.717, 1.165) is 12.0 Å². The number of rotatable bonds is 5. The van der Waals surface area contributed by atoms with Gasteiger partial charge in [-0.25, -0.2) is 0 Å². The summed E-state index contributed by atoms with van der Waals surface area (Å²) in [5.74, 6) is 0.967. The third kappa shape index (κ3) is 4.28. The van der Waals surface area contributed by atoms with E-state index < -0.39 is 0 Å². The minimum Gasteiger partial charge on any atom is -0.317 e. The molecule has 2 unspecified atom stereocenters. The standard InChI is InChI=1S/C13H25N/c1-3-4-5-8-12-9-6-7-10-13(11-12)14-2/h3,12-14H,1,4-11H2,2H3. The van der Waals surface area contributed by atoms with Crippen molar-refractivity contribution in [2.75, 3.05) is 7.05 Å². The van der Waals surface area contributed by atoms with Crippen LogP contribution in [0.25, 0.3) is 0 Å². The van der Waals surface area contributed by atoms with Crippen molar-refractivity contribution in [1.82, 2.24) is 5.32 Å². The lowest BCUT2D eigenvalue weighted by molar-refractivity contribution is 0.374. The Morgan fingerprint density at radius 2 is 2.14 bits per heavy atom. The first-order valence-electron chi connectivity index (χ1n) is 6.15. The molecule has 0 aromatic carbocycles. The van der Waals surface area contributed by atoms with Gasteiger partial charge in [0.25, 0.3) is 0 Å². The number of hydrogen-bond donors (Lipinski definition) is 1. The Morgan fingerprint density at radius 1 is 1.36 bits per heavy atom. The van der Waals surface area contributed by atoms with Gasteiger partial charge in [-0.1, -0.05) is 31.8 Å². The first-order valence-corrected chi connectivity index (χ1v) is 6.15. The zero-order valence-electron chi connectivity index (χ0n) is 9.60. The lowest BCUT2D eigenvalue weighted by Gasteiger charge is -2.19. The van der Waals surface area contributed by atoms with Gasteiger partial charge >= 0.3 is 0 Å². The van der Waals surface area contributed by atoms with Gasteiger partial charge in [-0.2, -0.15) is 0 Å². The summed E-state index contributed by atoms with van der Waals surface area (Å²) in [6.45, 7) is 3.78. The van der Waals surface area contributed by atoms with E-state index in [-0.39, 0.29) is 0 Å². The summed E-state index contributed by atoms with van der Waals surface area (Å²) in [5, 5.41) is 3.44. The molecular weight excluding hydrogens is 170 g/mol. The van der Waals surface area contributed by atoms with Crippen LogP contribution in [0.3, 0.4) is 0 Å². The molecule has 14 heavy (non-hydrogen) atoms. The van der Waals surface area contributed by atoms with Gasteiger partial charge in [0.15, 0.2) is 0 Å². The van der Waals surface area contributed by atoms with Crippen LogP contribution in [0.5, 0.6) is 0 Å². The van der Waals surface area contributed by atoms with Crippen molar-refractivity contribution in [2.24, 2.45) is 5.92 Å². The van der Waals surface area contributed by atoms with Crippen LogP contribution < -0.4 is 5.32 Å². The van der Waals surface area contributed by atoms with Crippen LogP contribution in [0.4, 0.5) is 0 Å². The van der Waals surface area contributed by atoms with Gasteiger partial charge in [0, 0.05) is 6.04 Å². The predicted octanol–water partition coefficient (Wildman–Crippen LogP) is 3.51. The quantitative estimate of drug-likeness (QED) is 0.402. The third-order valence-corrected chi connectivity index (χ3v) is 3.46. The fraction of sp³-hybridized carbons (Fsp3) is 0.846. The fourth-order valence-corrected chi connectivity index (χ4v) is 2.54. The summed E-state index contributed by atoms with van der Waals surface area (Å²) in [7, 11) is 2.11. The minimum absolute atomic E-state index is 0.784. The Balaban J connectivity index is 2.23. The third-order valence-electron chi connectivity index (χ3n) is 3.46. The lowest BCUT2D eigenvalue weighted by Crippen LogP contribution is -2.26. The van der Waals surface area contributed by atoms with E-state index in [4.69, 9.17) is 0 Å². The largest absolute Gasteiger partial charge is 0.317 e. The van der Waals surface area contributed by atoms with Gasteiger partial charge < -0.3 is 5.32 Å². The number of nitrogens with one attached hydrogen (secondary N) is 1. The summed E-state index contributed by atoms with van der Waals surface area (Å²) in [6.07, 6.45) is 13.1. The summed E-state index contributed by atoms with van der Waals surface area (Å²) >= 11 is 0. The second kappa shape index (κ2) is 7.05. The minimum atomic E-state index is 0.784. The maximum absolute atomic E-state index is 3.78. The van der Waals surface area contributed by atoms with Crippen LogP contribution in [0.1, 0.15) is 51.4 Å². The summed E-state index contributed by atoms with van der Waals surface area (Å²) in [6, 6.07) is 0.784. The van der Waals surface area contributed by atoms with Crippen LogP contribution in [0.2, 0.25) is 0 Å². The highest BCUT2D eigenvalue weighted by Gasteiger charge is 2.18. The van der Waals surface area contributed by atoms with Crippen molar-refractivity contribution in [3.63, 3.8) is 0 Å². The molecule has 1 N–H and O–H groups in total. The molecule has 82 valence electrons. The number of allylic oxidation sites excluding steroid dienone is 1. The maximum Gasteiger partial charge on any atom is 0.00667 e. The van der Waals surface area contributed by atoms with E-state index in [2.05, 4.69) is 18.9 Å². The van der Waals surface area contributed by atoms with E-state index in [1.165, 1.54) is 51.4 Å². The fourth-order valence-electron chi connectivity index (χ4n) is 2.54. The molecule has 0 amide bonds. The average molecular weight is 195 g/mol. The number of unbranched alkanes of at least 4 members (excludes halogenated alkanes) is 1. The molecule has 1 heteroatoms. The van der Waals surface area contributed by atoms with E-state index in [1.54, 1.807) is 0 Å². The van der Waals surface area contributed by atoms with Crippen LogP contribution in [0.15, 0.2) is 12.7 Å². The predicted molar refractivity (Wildman–Crippen MR) is 63.5 cm³/mol. The SMILES string of the molecule is C=CCCCC1CCCCC(NC)C1. The highest BCUT2D eigenvalue weighted by molar-refractivity contribution is 4.76. The highest BCUT2D eigenvalue weighted by atomic mass is 14.9. The van der Waals surface area contributed by atoms with E-state index >= 15 is 0 Å². The molecule has 0 spiro atoms. The Bertz CT molecular complexity index is 153. The molecule has 1 fully saturated rings. The first kappa shape index (κ1) is 11.8. The van der Waals surface area contributed by atoms with E-state index in [9.17, 15) is 0 Å². The van der Waals surface area contributed by atoms with Crippen LogP contribution in [0, 0.1) is 5.92 Å². The van der Waals surface area contributed by atoms with Crippen molar-refractivity contribution in [3.05, 3.63) is 12.7 Å². The Hall–Kier alpha value is -0.300. The molecule has 1 rings (SSSR count). The Morgan fingerprint density at radius 3 is 2.86 bits per heavy atom. The van der Waals surface area contributed by atoms with E-state index in [0.29, 0.717) is 0 Å². The topological polar surface area (TPSA) is 12.0 Å². The molecule has 0 aromatic heterocycles. The maximum atomic E-state index is 3.78. The molecule has 1 aliphatic rings. The van der Waals surface area contributed by atoms with Gasteiger partial charge in [-0.15, -0.1) is 6.58 Å². The van der Waals surface area contributed by atoms with Crippen LogP contribution in [-0.4, -0.2) is 13.1 Å². The van der Waals surface area contributed by atoms with Crippen molar-refractivity contribution in [1.29, 1.82) is 0 Å². The molecule has 1 nitrogen and oxygen atoms in total. The molecule has 1 aliphatic carbocycles. The highest BCUT2D eigenvalue weighted by Crippen LogP contribution is 2.27. The second-order valence-corrected chi connectivity index (χ2v) is 4.59. The summed E-state index contributed by atoms with van der Waals surface area (Å²) in [5.41, 5.74) is 0. The molecular formula is C13H25N. The summed E-state index contributed by atoms with van der Waals surface area (Å²) < 4.78 is 0. The molecule has 0 aliphatic heterocycles. The smallest absolute Gasteiger partial charge is 0.00667 e. The van der Waals surface area contributed by atoms with Crippen LogP contribution >= 0.6 is 0 Å². The van der Waals surface area contributed by atoms with Gasteiger partial charge in [0.05, 0.1) is 0 Å². The monoisotopic (exact) mass is 195 g/mol. The van der Waals surface area contributed by atoms with Crippen molar-refractivity contribution in [2.45, 2.75) is 57.4 Å². The van der Waals surface area contributed by atoms with Crippen molar-refractivity contribution in [3.8, 4) is 0 Å². The van der Waals surface area contributed by atoms with Gasteiger partial charge in [-0.05, 0) is 38.6 Å². The Kier molecular flexibility index (Phi) is 5.93. The molecule has 0 bridgehead atoms. The van der Waals surface area contributed by atoms with Gasteiger partial charge in [0.1, 0.15) is 0 Å². The molecule has 0 radical (unpaired) electrons.